The summed E-state index contributed by atoms with van der Waals surface area (Å²) in [6.07, 6.45) is -0.425. The Labute approximate surface area is 229 Å². The molecular weight excluding hydrogens is 502 g/mol. The number of rotatable bonds is 11. The number of amides is 1. The van der Waals surface area contributed by atoms with Gasteiger partial charge in [0.25, 0.3) is 0 Å². The van der Waals surface area contributed by atoms with Gasteiger partial charge in [-0.1, -0.05) is 37.3 Å². The maximum Gasteiger partial charge on any atom is 0.314 e. The topological polar surface area (TPSA) is 119 Å². The summed E-state index contributed by atoms with van der Waals surface area (Å²) in [5.74, 6) is -4.57. The molecule has 4 unspecified atom stereocenters. The van der Waals surface area contributed by atoms with Crippen molar-refractivity contribution in [2.75, 3.05) is 6.54 Å². The van der Waals surface area contributed by atoms with E-state index < -0.39 is 47.4 Å². The van der Waals surface area contributed by atoms with Gasteiger partial charge in [-0.05, 0) is 63.4 Å². The second-order valence-electron chi connectivity index (χ2n) is 10.8. The third kappa shape index (κ3) is 7.81. The van der Waals surface area contributed by atoms with Gasteiger partial charge in [0.15, 0.2) is 0 Å². The highest BCUT2D eigenvalue weighted by Crippen LogP contribution is 2.43. The summed E-state index contributed by atoms with van der Waals surface area (Å²) in [6, 6.07) is 16.8. The summed E-state index contributed by atoms with van der Waals surface area (Å²) in [6.45, 7) is 9.09. The number of para-hydroxylation sites is 1. The monoisotopic (exact) mass is 539 g/mol. The summed E-state index contributed by atoms with van der Waals surface area (Å²) in [5.41, 5.74) is 0.0878. The molecule has 210 valence electrons. The van der Waals surface area contributed by atoms with Crippen LogP contribution in [0.3, 0.4) is 0 Å². The number of carbonyl (C=O) groups excluding carboxylic acids is 3. The van der Waals surface area contributed by atoms with Crippen LogP contribution >= 0.6 is 0 Å². The lowest BCUT2D eigenvalue weighted by atomic mass is 9.64. The number of carboxylic acid groups (broad SMARTS) is 1. The molecule has 2 aromatic carbocycles. The summed E-state index contributed by atoms with van der Waals surface area (Å²) >= 11 is 0. The molecule has 0 radical (unpaired) electrons. The molecule has 0 spiro atoms. The third-order valence-corrected chi connectivity index (χ3v) is 6.53. The lowest BCUT2D eigenvalue weighted by molar-refractivity contribution is -0.200. The Kier molecular flexibility index (Phi) is 9.72. The molecule has 1 saturated carbocycles. The minimum Gasteiger partial charge on any atom is -0.481 e. The van der Waals surface area contributed by atoms with Gasteiger partial charge in [-0.2, -0.15) is 0 Å². The molecule has 1 amide bonds. The van der Waals surface area contributed by atoms with Crippen molar-refractivity contribution in [1.29, 1.82) is 0 Å². The van der Waals surface area contributed by atoms with Gasteiger partial charge in [0.05, 0.1) is 23.2 Å². The molecule has 1 aliphatic rings. The average molecular weight is 540 g/mol. The van der Waals surface area contributed by atoms with Gasteiger partial charge in [-0.15, -0.1) is 0 Å². The van der Waals surface area contributed by atoms with Crippen LogP contribution in [-0.4, -0.2) is 46.7 Å². The molecule has 0 heterocycles. The van der Waals surface area contributed by atoms with Gasteiger partial charge in [0, 0.05) is 20.0 Å². The van der Waals surface area contributed by atoms with Gasteiger partial charge in [-0.25, -0.2) is 0 Å². The first-order valence-corrected chi connectivity index (χ1v) is 13.2. The quantitative estimate of drug-likeness (QED) is 0.312. The standard InChI is InChI=1S/C30H37NO8/c1-6-16-31(18-20-12-14-22(15-13-20)39-21-10-8-7-9-11-21)26(32)23-17-24(25(23)27(33)34)28(35)37-19(2)38-29(36)30(3,4)5/h7-15,19,23-25H,6,16-18H2,1-5H3,(H,33,34). The van der Waals surface area contributed by atoms with E-state index in [1.165, 1.54) is 6.92 Å². The second-order valence-corrected chi connectivity index (χ2v) is 10.8. The highest BCUT2D eigenvalue weighted by molar-refractivity contribution is 5.92. The molecule has 2 aromatic rings. The Morgan fingerprint density at radius 2 is 1.56 bits per heavy atom. The average Bonchev–Trinajstić information content (AvgIpc) is 2.83. The summed E-state index contributed by atoms with van der Waals surface area (Å²) < 4.78 is 16.2. The molecule has 9 heteroatoms. The summed E-state index contributed by atoms with van der Waals surface area (Å²) in [5, 5.41) is 9.83. The molecule has 1 fully saturated rings. The smallest absolute Gasteiger partial charge is 0.314 e. The first kappa shape index (κ1) is 29.7. The van der Waals surface area contributed by atoms with Crippen LogP contribution in [-0.2, 0) is 35.2 Å². The largest absolute Gasteiger partial charge is 0.481 e. The van der Waals surface area contributed by atoms with Crippen molar-refractivity contribution in [2.45, 2.75) is 60.3 Å². The number of carbonyl (C=O) groups is 4. The fourth-order valence-electron chi connectivity index (χ4n) is 4.37. The molecular formula is C30H37NO8. The van der Waals surface area contributed by atoms with Gasteiger partial charge < -0.3 is 24.2 Å². The number of esters is 2. The fourth-order valence-corrected chi connectivity index (χ4v) is 4.37. The third-order valence-electron chi connectivity index (χ3n) is 6.53. The second kappa shape index (κ2) is 12.8. The lowest BCUT2D eigenvalue weighted by Crippen LogP contribution is -2.54. The minimum atomic E-state index is -1.24. The van der Waals surface area contributed by atoms with Crippen LogP contribution in [0.1, 0.15) is 53.0 Å². The van der Waals surface area contributed by atoms with Gasteiger partial charge in [0.1, 0.15) is 11.5 Å². The van der Waals surface area contributed by atoms with Crippen molar-refractivity contribution in [1.82, 2.24) is 4.90 Å². The Hall–Kier alpha value is -3.88. The normalized spacial score (nSPS) is 19.3. The van der Waals surface area contributed by atoms with Crippen LogP contribution in [0.2, 0.25) is 0 Å². The van der Waals surface area contributed by atoms with Gasteiger partial charge in [0.2, 0.25) is 12.2 Å². The number of hydrogen-bond acceptors (Lipinski definition) is 7. The zero-order valence-electron chi connectivity index (χ0n) is 23.1. The van der Waals surface area contributed by atoms with Gasteiger partial charge >= 0.3 is 17.9 Å². The molecule has 0 aliphatic heterocycles. The van der Waals surface area contributed by atoms with E-state index in [-0.39, 0.29) is 12.3 Å². The Morgan fingerprint density at radius 1 is 0.949 bits per heavy atom. The van der Waals surface area contributed by atoms with Crippen molar-refractivity contribution in [3.8, 4) is 11.5 Å². The zero-order chi connectivity index (χ0) is 28.7. The van der Waals surface area contributed by atoms with Crippen LogP contribution < -0.4 is 4.74 Å². The van der Waals surface area contributed by atoms with E-state index in [1.807, 2.05) is 61.5 Å². The number of ether oxygens (including phenoxy) is 3. The van der Waals surface area contributed by atoms with E-state index in [9.17, 15) is 24.3 Å². The summed E-state index contributed by atoms with van der Waals surface area (Å²) in [4.78, 5) is 51.8. The van der Waals surface area contributed by atoms with Crippen molar-refractivity contribution < 1.29 is 38.5 Å². The SMILES string of the molecule is CCCN(Cc1ccc(Oc2ccccc2)cc1)C(=O)C1CC(C(=O)OC(C)OC(=O)C(C)(C)C)C1C(=O)O. The zero-order valence-corrected chi connectivity index (χ0v) is 23.1. The summed E-state index contributed by atoms with van der Waals surface area (Å²) in [7, 11) is 0. The molecule has 39 heavy (non-hydrogen) atoms. The van der Waals surface area contributed by atoms with E-state index in [0.717, 1.165) is 5.56 Å². The molecule has 0 aromatic heterocycles. The Bertz CT molecular complexity index is 1160. The lowest BCUT2D eigenvalue weighted by Gasteiger charge is -2.41. The molecule has 0 bridgehead atoms. The first-order chi connectivity index (χ1) is 18.4. The fraction of sp³-hybridized carbons (Fsp3) is 0.467. The Balaban J connectivity index is 1.62. The molecule has 4 atom stereocenters. The van der Waals surface area contributed by atoms with Crippen LogP contribution in [0.15, 0.2) is 54.6 Å². The number of hydrogen-bond donors (Lipinski definition) is 1. The molecule has 1 aliphatic carbocycles. The number of nitrogens with zero attached hydrogens (tertiary/aromatic N) is 1. The number of aliphatic carboxylic acids is 1. The molecule has 0 saturated heterocycles. The first-order valence-electron chi connectivity index (χ1n) is 13.2. The van der Waals surface area contributed by atoms with E-state index in [2.05, 4.69) is 0 Å². The van der Waals surface area contributed by atoms with Crippen molar-refractivity contribution in [3.63, 3.8) is 0 Å². The van der Waals surface area contributed by atoms with Crippen LogP contribution in [0.25, 0.3) is 0 Å². The maximum atomic E-state index is 13.4. The molecule has 1 N–H and O–H groups in total. The van der Waals surface area contributed by atoms with Crippen molar-refractivity contribution in [2.24, 2.45) is 23.2 Å². The van der Waals surface area contributed by atoms with Crippen LogP contribution in [0.4, 0.5) is 0 Å². The predicted octanol–water partition coefficient (Wildman–Crippen LogP) is 5.03. The van der Waals surface area contributed by atoms with E-state index >= 15 is 0 Å². The molecule has 3 rings (SSSR count). The maximum absolute atomic E-state index is 13.4. The number of carboxylic acids is 1. The Morgan fingerprint density at radius 3 is 2.13 bits per heavy atom. The van der Waals surface area contributed by atoms with Gasteiger partial charge in [-0.3, -0.25) is 19.2 Å². The predicted molar refractivity (Wildman–Crippen MR) is 142 cm³/mol. The van der Waals surface area contributed by atoms with Crippen molar-refractivity contribution in [3.05, 3.63) is 60.2 Å². The highest BCUT2D eigenvalue weighted by Gasteiger charge is 2.55. The number of benzene rings is 2. The van der Waals surface area contributed by atoms with E-state index in [4.69, 9.17) is 14.2 Å². The minimum absolute atomic E-state index is 0.0542. The van der Waals surface area contributed by atoms with E-state index in [0.29, 0.717) is 31.0 Å². The highest BCUT2D eigenvalue weighted by atomic mass is 16.7. The van der Waals surface area contributed by atoms with Crippen LogP contribution in [0, 0.1) is 23.2 Å². The molecule has 9 nitrogen and oxygen atoms in total. The van der Waals surface area contributed by atoms with Crippen molar-refractivity contribution >= 4 is 23.8 Å². The van der Waals surface area contributed by atoms with E-state index in [1.54, 1.807) is 25.7 Å². The van der Waals surface area contributed by atoms with Crippen LogP contribution in [0.5, 0.6) is 11.5 Å².